The van der Waals surface area contributed by atoms with Crippen LogP contribution in [0.1, 0.15) is 27.7 Å². The Balaban J connectivity index is 2.00. The van der Waals surface area contributed by atoms with E-state index in [1.807, 2.05) is 0 Å². The Hall–Kier alpha value is -2.99. The second-order valence-corrected chi connectivity index (χ2v) is 5.85. The summed E-state index contributed by atoms with van der Waals surface area (Å²) in [7, 11) is 0. The van der Waals surface area contributed by atoms with Crippen molar-refractivity contribution in [1.29, 1.82) is 0 Å². The van der Waals surface area contributed by atoms with Crippen LogP contribution in [0.5, 0.6) is 0 Å². The molecule has 0 saturated heterocycles. The Kier molecular flexibility index (Phi) is 3.62. The molecule has 0 bridgehead atoms. The molecule has 1 aliphatic rings. The molecule has 1 N–H and O–H groups in total. The lowest BCUT2D eigenvalue weighted by atomic mass is 9.98. The van der Waals surface area contributed by atoms with Gasteiger partial charge in [0.1, 0.15) is 11.4 Å². The number of aliphatic hydroxyl groups is 1. The number of hydrogen-bond acceptors (Lipinski definition) is 4. The van der Waals surface area contributed by atoms with Gasteiger partial charge >= 0.3 is 0 Å². The fraction of sp³-hybridized carbons (Fsp3) is 0.158. The number of nitrogens with zero attached hydrogens (tertiary/aromatic N) is 1. The highest BCUT2D eigenvalue weighted by atomic mass is 19.1. The minimum atomic E-state index is -0.712. The summed E-state index contributed by atoms with van der Waals surface area (Å²) in [4.78, 5) is 27.1. The van der Waals surface area contributed by atoms with Crippen molar-refractivity contribution < 1.29 is 18.7 Å². The summed E-state index contributed by atoms with van der Waals surface area (Å²) >= 11 is 0. The smallest absolute Gasteiger partial charge is 0.290 e. The Morgan fingerprint density at radius 3 is 2.52 bits per heavy atom. The van der Waals surface area contributed by atoms with Gasteiger partial charge in [-0.2, -0.15) is 0 Å². The summed E-state index contributed by atoms with van der Waals surface area (Å²) in [5.41, 5.74) is 0.858. The number of carbonyl (C=O) groups is 1. The number of β-amino-alcohol motifs (C(OH)–C–C–N with tert-alkyl or cyclic N) is 1. The first-order valence-corrected chi connectivity index (χ1v) is 7.85. The minimum Gasteiger partial charge on any atom is -0.450 e. The molecule has 5 nitrogen and oxygen atoms in total. The van der Waals surface area contributed by atoms with Crippen LogP contribution in [-0.4, -0.2) is 29.1 Å². The average molecular weight is 339 g/mol. The third-order valence-electron chi connectivity index (χ3n) is 4.40. The van der Waals surface area contributed by atoms with E-state index in [1.54, 1.807) is 24.3 Å². The van der Waals surface area contributed by atoms with Gasteiger partial charge in [-0.05, 0) is 29.8 Å². The first-order valence-electron chi connectivity index (χ1n) is 7.85. The zero-order valence-electron chi connectivity index (χ0n) is 13.1. The van der Waals surface area contributed by atoms with Crippen LogP contribution in [0.15, 0.2) is 57.7 Å². The van der Waals surface area contributed by atoms with Crippen LogP contribution in [-0.2, 0) is 0 Å². The van der Waals surface area contributed by atoms with E-state index in [4.69, 9.17) is 4.42 Å². The van der Waals surface area contributed by atoms with E-state index in [1.165, 1.54) is 29.2 Å². The summed E-state index contributed by atoms with van der Waals surface area (Å²) in [6.07, 6.45) is 0. The summed E-state index contributed by atoms with van der Waals surface area (Å²) in [5.74, 6) is -0.889. The van der Waals surface area contributed by atoms with Crippen LogP contribution >= 0.6 is 0 Å². The normalized spacial score (nSPS) is 16.5. The SMILES string of the molecule is O=C1c2oc3ccccc3c(=O)c2C(c2ccc(F)cc2)N1CCO. The van der Waals surface area contributed by atoms with Crippen molar-refractivity contribution in [1.82, 2.24) is 4.90 Å². The lowest BCUT2D eigenvalue weighted by molar-refractivity contribution is 0.0691. The molecule has 4 rings (SSSR count). The van der Waals surface area contributed by atoms with Gasteiger partial charge in [-0.25, -0.2) is 4.39 Å². The predicted octanol–water partition coefficient (Wildman–Crippen LogP) is 2.47. The summed E-state index contributed by atoms with van der Waals surface area (Å²) < 4.78 is 19.0. The van der Waals surface area contributed by atoms with Gasteiger partial charge in [0.25, 0.3) is 5.91 Å². The maximum Gasteiger partial charge on any atom is 0.290 e. The highest BCUT2D eigenvalue weighted by Gasteiger charge is 2.42. The van der Waals surface area contributed by atoms with Crippen molar-refractivity contribution in [2.24, 2.45) is 0 Å². The second kappa shape index (κ2) is 5.82. The molecule has 1 amide bonds. The van der Waals surface area contributed by atoms with Crippen molar-refractivity contribution in [3.8, 4) is 0 Å². The molecular weight excluding hydrogens is 325 g/mol. The molecule has 1 aliphatic heterocycles. The maximum absolute atomic E-state index is 13.3. The number of aliphatic hydroxyl groups excluding tert-OH is 1. The standard InChI is InChI=1S/C19H14FNO4/c20-12-7-5-11(6-8-12)16-15-17(23)13-3-1-2-4-14(13)25-18(15)19(24)21(16)9-10-22/h1-8,16,22H,9-10H2. The fourth-order valence-electron chi connectivity index (χ4n) is 3.30. The third-order valence-corrected chi connectivity index (χ3v) is 4.40. The molecule has 0 radical (unpaired) electrons. The number of halogens is 1. The van der Waals surface area contributed by atoms with Crippen molar-refractivity contribution in [2.45, 2.75) is 6.04 Å². The molecule has 0 saturated carbocycles. The Morgan fingerprint density at radius 2 is 1.80 bits per heavy atom. The van der Waals surface area contributed by atoms with E-state index in [0.29, 0.717) is 16.5 Å². The Bertz CT molecular complexity index is 1030. The van der Waals surface area contributed by atoms with Crippen molar-refractivity contribution >= 4 is 16.9 Å². The summed E-state index contributed by atoms with van der Waals surface area (Å²) in [6, 6.07) is 11.6. The van der Waals surface area contributed by atoms with Crippen molar-refractivity contribution in [3.63, 3.8) is 0 Å². The van der Waals surface area contributed by atoms with Crippen LogP contribution < -0.4 is 5.43 Å². The molecule has 1 atom stereocenters. The van der Waals surface area contributed by atoms with Gasteiger partial charge < -0.3 is 14.4 Å². The molecule has 2 heterocycles. The van der Waals surface area contributed by atoms with Gasteiger partial charge in [-0.3, -0.25) is 9.59 Å². The predicted molar refractivity (Wildman–Crippen MR) is 88.8 cm³/mol. The molecule has 0 fully saturated rings. The third kappa shape index (κ3) is 2.34. The molecular formula is C19H14FNO4. The summed E-state index contributed by atoms with van der Waals surface area (Å²) in [5, 5.41) is 9.71. The number of benzene rings is 2. The van der Waals surface area contributed by atoms with Gasteiger partial charge in [-0.1, -0.05) is 24.3 Å². The zero-order valence-corrected chi connectivity index (χ0v) is 13.1. The number of fused-ring (bicyclic) bond motifs is 2. The number of hydrogen-bond donors (Lipinski definition) is 1. The molecule has 25 heavy (non-hydrogen) atoms. The number of rotatable bonds is 3. The fourth-order valence-corrected chi connectivity index (χ4v) is 3.30. The Labute approximate surface area is 141 Å². The first-order chi connectivity index (χ1) is 12.1. The van der Waals surface area contributed by atoms with Crippen LogP contribution in [0.2, 0.25) is 0 Å². The van der Waals surface area contributed by atoms with E-state index in [-0.39, 0.29) is 29.9 Å². The van der Waals surface area contributed by atoms with Gasteiger partial charge in [0.15, 0.2) is 5.43 Å². The first kappa shape index (κ1) is 15.5. The van der Waals surface area contributed by atoms with E-state index in [9.17, 15) is 19.1 Å². The van der Waals surface area contributed by atoms with Gasteiger partial charge in [-0.15, -0.1) is 0 Å². The van der Waals surface area contributed by atoms with E-state index < -0.39 is 17.8 Å². The number of carbonyl (C=O) groups excluding carboxylic acids is 1. The second-order valence-electron chi connectivity index (χ2n) is 5.85. The molecule has 3 aromatic rings. The highest BCUT2D eigenvalue weighted by Crippen LogP contribution is 2.37. The van der Waals surface area contributed by atoms with E-state index in [2.05, 4.69) is 0 Å². The topological polar surface area (TPSA) is 70.8 Å². The molecule has 0 aliphatic carbocycles. The average Bonchev–Trinajstić information content (AvgIpc) is 2.89. The van der Waals surface area contributed by atoms with Crippen LogP contribution in [0.4, 0.5) is 4.39 Å². The largest absolute Gasteiger partial charge is 0.450 e. The summed E-state index contributed by atoms with van der Waals surface area (Å²) in [6.45, 7) is -0.216. The highest BCUT2D eigenvalue weighted by molar-refractivity contribution is 5.99. The van der Waals surface area contributed by atoms with E-state index in [0.717, 1.165) is 0 Å². The van der Waals surface area contributed by atoms with Gasteiger partial charge in [0.05, 0.1) is 23.6 Å². The number of amides is 1. The molecule has 1 unspecified atom stereocenters. The van der Waals surface area contributed by atoms with Crippen LogP contribution in [0.25, 0.3) is 11.0 Å². The monoisotopic (exact) mass is 339 g/mol. The van der Waals surface area contributed by atoms with Crippen LogP contribution in [0.3, 0.4) is 0 Å². The molecule has 2 aromatic carbocycles. The number of para-hydroxylation sites is 1. The molecule has 1 aromatic heterocycles. The zero-order chi connectivity index (χ0) is 17.6. The van der Waals surface area contributed by atoms with E-state index >= 15 is 0 Å². The molecule has 6 heteroatoms. The van der Waals surface area contributed by atoms with Gasteiger partial charge in [0, 0.05) is 6.54 Å². The minimum absolute atomic E-state index is 0.0218. The van der Waals surface area contributed by atoms with Crippen LogP contribution in [0, 0.1) is 5.82 Å². The molecule has 0 spiro atoms. The van der Waals surface area contributed by atoms with Crippen molar-refractivity contribution in [3.05, 3.63) is 81.5 Å². The molecule has 126 valence electrons. The maximum atomic E-state index is 13.3. The lowest BCUT2D eigenvalue weighted by Gasteiger charge is -2.24. The quantitative estimate of drug-likeness (QED) is 0.796. The van der Waals surface area contributed by atoms with Gasteiger partial charge in [0.2, 0.25) is 5.76 Å². The lowest BCUT2D eigenvalue weighted by Crippen LogP contribution is -2.32. The van der Waals surface area contributed by atoms with Crippen molar-refractivity contribution in [2.75, 3.05) is 13.2 Å². The Morgan fingerprint density at radius 1 is 1.08 bits per heavy atom.